The van der Waals surface area contributed by atoms with E-state index in [0.717, 1.165) is 0 Å². The fourth-order valence-corrected chi connectivity index (χ4v) is 0.0577. The predicted octanol–water partition coefficient (Wildman–Crippen LogP) is -4.08. The molecular formula is C3H12Cl2NO3Zn. The molecule has 63 valence electrons. The van der Waals surface area contributed by atoms with Gasteiger partial charge in [0.05, 0.1) is 13.2 Å². The van der Waals surface area contributed by atoms with Crippen LogP contribution in [-0.2, 0) is 19.5 Å². The van der Waals surface area contributed by atoms with Crippen LogP contribution in [0.15, 0.2) is 0 Å². The van der Waals surface area contributed by atoms with Crippen LogP contribution in [0.4, 0.5) is 0 Å². The molecule has 0 saturated heterocycles. The summed E-state index contributed by atoms with van der Waals surface area (Å²) in [4.78, 5) is 0. The Bertz CT molecular complexity index is 40.9. The van der Waals surface area contributed by atoms with E-state index in [1.54, 1.807) is 0 Å². The molecule has 7 heteroatoms. The molecule has 0 unspecified atom stereocenters. The molecule has 0 amide bonds. The molecule has 0 aromatic heterocycles. The average Bonchev–Trinajstić information content (AvgIpc) is 1.65. The molecule has 10 heavy (non-hydrogen) atoms. The minimum atomic E-state index is -0.954. The molecule has 0 saturated carbocycles. The summed E-state index contributed by atoms with van der Waals surface area (Å²) in [6, 6.07) is 0. The van der Waals surface area contributed by atoms with Crippen LogP contribution in [-0.4, -0.2) is 34.6 Å². The number of halogens is 2. The average molecular weight is 246 g/mol. The molecule has 0 atom stereocenters. The zero-order valence-corrected chi connectivity index (χ0v) is 10.1. The molecule has 0 aliphatic rings. The third kappa shape index (κ3) is 23.0. The Morgan fingerprint density at radius 2 is 1.30 bits per heavy atom. The van der Waals surface area contributed by atoms with Gasteiger partial charge in [-0.3, -0.25) is 0 Å². The largest absolute Gasteiger partial charge is 1.00 e. The fraction of sp³-hybridized carbons (Fsp3) is 1.00. The molecule has 0 spiro atoms. The molecule has 0 aliphatic heterocycles. The van der Waals surface area contributed by atoms with Gasteiger partial charge in [-0.15, -0.1) is 12.4 Å². The van der Waals surface area contributed by atoms with Crippen molar-refractivity contribution in [2.45, 2.75) is 6.10 Å². The van der Waals surface area contributed by atoms with Crippen molar-refractivity contribution >= 4 is 12.4 Å². The van der Waals surface area contributed by atoms with Crippen LogP contribution in [0.2, 0.25) is 0 Å². The molecule has 1 radical (unpaired) electrons. The van der Waals surface area contributed by atoms with Crippen molar-refractivity contribution in [3.8, 4) is 0 Å². The maximum Gasteiger partial charge on any atom is 1.00 e. The number of hydrogen-bond acceptors (Lipinski definition) is 4. The van der Waals surface area contributed by atoms with E-state index < -0.39 is 6.10 Å². The van der Waals surface area contributed by atoms with E-state index in [4.69, 9.17) is 15.3 Å². The van der Waals surface area contributed by atoms with Gasteiger partial charge < -0.3 is 33.9 Å². The van der Waals surface area contributed by atoms with Crippen molar-refractivity contribution in [3.05, 3.63) is 0 Å². The topological polar surface area (TPSA) is 95.7 Å². The second-order valence-electron chi connectivity index (χ2n) is 1.02. The SMILES string of the molecule is Cl.N.OCC(O)CO.[Cl-].[Zn+]. The van der Waals surface area contributed by atoms with Crippen molar-refractivity contribution in [1.29, 1.82) is 0 Å². The van der Waals surface area contributed by atoms with E-state index in [-0.39, 0.29) is 63.7 Å². The molecule has 0 rings (SSSR count). The van der Waals surface area contributed by atoms with Crippen molar-refractivity contribution in [2.24, 2.45) is 0 Å². The Balaban J connectivity index is -0.0000000208. The molecule has 0 heterocycles. The predicted molar refractivity (Wildman–Crippen MR) is 32.4 cm³/mol. The minimum absolute atomic E-state index is 0. The molecule has 0 aromatic rings. The van der Waals surface area contributed by atoms with Gasteiger partial charge in [0, 0.05) is 0 Å². The van der Waals surface area contributed by atoms with Gasteiger partial charge in [-0.1, -0.05) is 0 Å². The van der Waals surface area contributed by atoms with E-state index in [0.29, 0.717) is 0 Å². The molecule has 0 aliphatic carbocycles. The Morgan fingerprint density at radius 1 is 1.10 bits per heavy atom. The maximum atomic E-state index is 8.17. The van der Waals surface area contributed by atoms with E-state index in [2.05, 4.69) is 0 Å². The third-order valence-corrected chi connectivity index (χ3v) is 0.421. The zero-order chi connectivity index (χ0) is 4.99. The quantitative estimate of drug-likeness (QED) is 0.373. The second-order valence-corrected chi connectivity index (χ2v) is 1.02. The Kier molecular flexibility index (Phi) is 68.6. The molecule has 4 nitrogen and oxygen atoms in total. The normalized spacial score (nSPS) is 6.00. The summed E-state index contributed by atoms with van der Waals surface area (Å²) in [5.74, 6) is 0. The molecule has 0 bridgehead atoms. The Morgan fingerprint density at radius 3 is 1.30 bits per heavy atom. The molecule has 0 aromatic carbocycles. The first kappa shape index (κ1) is 30.5. The van der Waals surface area contributed by atoms with Gasteiger partial charge in [0.15, 0.2) is 0 Å². The first-order chi connectivity index (χ1) is 2.81. The number of aliphatic hydroxyl groups excluding tert-OH is 3. The monoisotopic (exact) mass is 244 g/mol. The van der Waals surface area contributed by atoms with Gasteiger partial charge in [-0.25, -0.2) is 0 Å². The van der Waals surface area contributed by atoms with Crippen LogP contribution in [0.3, 0.4) is 0 Å². The van der Waals surface area contributed by atoms with E-state index in [1.807, 2.05) is 0 Å². The maximum absolute atomic E-state index is 8.17. The molecular weight excluding hydrogens is 234 g/mol. The van der Waals surface area contributed by atoms with Crippen LogP contribution >= 0.6 is 12.4 Å². The van der Waals surface area contributed by atoms with Crippen LogP contribution < -0.4 is 18.6 Å². The van der Waals surface area contributed by atoms with Gasteiger partial charge >= 0.3 is 19.5 Å². The molecule has 6 N–H and O–H groups in total. The summed E-state index contributed by atoms with van der Waals surface area (Å²) in [7, 11) is 0. The van der Waals surface area contributed by atoms with Gasteiger partial charge in [0.1, 0.15) is 6.10 Å². The summed E-state index contributed by atoms with van der Waals surface area (Å²) in [6.07, 6.45) is -0.954. The van der Waals surface area contributed by atoms with Crippen molar-refractivity contribution < 1.29 is 47.2 Å². The van der Waals surface area contributed by atoms with Gasteiger partial charge in [-0.2, -0.15) is 0 Å². The Hall–Kier alpha value is 1.04. The van der Waals surface area contributed by atoms with Crippen molar-refractivity contribution in [2.75, 3.05) is 13.2 Å². The minimum Gasteiger partial charge on any atom is -1.00 e. The third-order valence-electron chi connectivity index (χ3n) is 0.421. The van der Waals surface area contributed by atoms with Gasteiger partial charge in [-0.05, 0) is 0 Å². The van der Waals surface area contributed by atoms with Crippen LogP contribution in [0.1, 0.15) is 0 Å². The van der Waals surface area contributed by atoms with Gasteiger partial charge in [0.2, 0.25) is 0 Å². The first-order valence-corrected chi connectivity index (χ1v) is 1.71. The standard InChI is InChI=1S/C3H8O3.2ClH.H3N.Zn/c4-1-3(6)2-5;;;;/h3-6H,1-2H2;2*1H;1H3;/q;;;;+1/p-1. The van der Waals surface area contributed by atoms with Crippen LogP contribution in [0.5, 0.6) is 0 Å². The number of aliphatic hydroxyl groups is 3. The molecule has 0 fully saturated rings. The van der Waals surface area contributed by atoms with Gasteiger partial charge in [0.25, 0.3) is 0 Å². The summed E-state index contributed by atoms with van der Waals surface area (Å²) in [5.41, 5.74) is 0. The van der Waals surface area contributed by atoms with E-state index in [1.165, 1.54) is 0 Å². The van der Waals surface area contributed by atoms with Crippen LogP contribution in [0.25, 0.3) is 0 Å². The summed E-state index contributed by atoms with van der Waals surface area (Å²) >= 11 is 0. The zero-order valence-electron chi connectivity index (χ0n) is 5.53. The van der Waals surface area contributed by atoms with Crippen LogP contribution in [0, 0.1) is 0 Å². The first-order valence-electron chi connectivity index (χ1n) is 1.71. The fourth-order valence-electron chi connectivity index (χ4n) is 0.0577. The van der Waals surface area contributed by atoms with Crippen molar-refractivity contribution in [1.82, 2.24) is 6.15 Å². The van der Waals surface area contributed by atoms with Crippen molar-refractivity contribution in [3.63, 3.8) is 0 Å². The summed E-state index contributed by atoms with van der Waals surface area (Å²) < 4.78 is 0. The van der Waals surface area contributed by atoms with E-state index >= 15 is 0 Å². The summed E-state index contributed by atoms with van der Waals surface area (Å²) in [6.45, 7) is -0.729. The number of rotatable bonds is 2. The number of hydrogen-bond donors (Lipinski definition) is 4. The smallest absolute Gasteiger partial charge is 1.00 e. The second kappa shape index (κ2) is 22.5. The van der Waals surface area contributed by atoms with E-state index in [9.17, 15) is 0 Å². The Labute approximate surface area is 85.2 Å². The summed E-state index contributed by atoms with van der Waals surface area (Å²) in [5, 5.41) is 24.0.